The van der Waals surface area contributed by atoms with Crippen LogP contribution in [0.4, 0.5) is 24.5 Å². The fourth-order valence-corrected chi connectivity index (χ4v) is 1.76. The molecule has 1 aromatic rings. The average Bonchev–Trinajstić information content (AvgIpc) is 2.34. The second-order valence-electron chi connectivity index (χ2n) is 4.54. The molecule has 0 aromatic heterocycles. The number of alkyl halides is 3. The zero-order chi connectivity index (χ0) is 15.9. The number of amides is 1. The number of hydrogen-bond donors (Lipinski definition) is 3. The van der Waals surface area contributed by atoms with E-state index in [1.165, 1.54) is 0 Å². The maximum Gasteiger partial charge on any atom is 0.401 e. The van der Waals surface area contributed by atoms with Crippen molar-refractivity contribution in [2.75, 3.05) is 37.3 Å². The standard InChI is InChI=1S/C13H18F3N3O2/c14-13(15,16)9-19(6-7-20)5-4-12(21)18-11-3-1-2-10(17)8-11/h1-3,8,20H,4-7,9,17H2,(H,18,21). The number of rotatable bonds is 7. The molecule has 4 N–H and O–H groups in total. The smallest absolute Gasteiger partial charge is 0.399 e. The van der Waals surface area contributed by atoms with Crippen molar-refractivity contribution in [3.63, 3.8) is 0 Å². The van der Waals surface area contributed by atoms with E-state index in [0.717, 1.165) is 4.90 Å². The SMILES string of the molecule is Nc1cccc(NC(=O)CCN(CCO)CC(F)(F)F)c1. The molecule has 1 aromatic carbocycles. The van der Waals surface area contributed by atoms with Crippen molar-refractivity contribution in [3.05, 3.63) is 24.3 Å². The summed E-state index contributed by atoms with van der Waals surface area (Å²) >= 11 is 0. The molecule has 0 radical (unpaired) electrons. The number of anilines is 2. The number of nitrogens with zero attached hydrogens (tertiary/aromatic N) is 1. The first kappa shape index (κ1) is 17.3. The van der Waals surface area contributed by atoms with Gasteiger partial charge in [0.25, 0.3) is 0 Å². The highest BCUT2D eigenvalue weighted by atomic mass is 19.4. The molecule has 0 atom stereocenters. The number of carbonyl (C=O) groups is 1. The minimum Gasteiger partial charge on any atom is -0.399 e. The second kappa shape index (κ2) is 7.84. The van der Waals surface area contributed by atoms with Crippen LogP contribution in [0.1, 0.15) is 6.42 Å². The molecule has 8 heteroatoms. The van der Waals surface area contributed by atoms with Crippen LogP contribution in [0.5, 0.6) is 0 Å². The third kappa shape index (κ3) is 7.52. The van der Waals surface area contributed by atoms with Crippen LogP contribution in [0, 0.1) is 0 Å². The van der Waals surface area contributed by atoms with E-state index in [9.17, 15) is 18.0 Å². The number of carbonyl (C=O) groups excluding carboxylic acids is 1. The van der Waals surface area contributed by atoms with Crippen molar-refractivity contribution in [3.8, 4) is 0 Å². The molecule has 0 aliphatic heterocycles. The Labute approximate surface area is 120 Å². The Kier molecular flexibility index (Phi) is 6.44. The van der Waals surface area contributed by atoms with Gasteiger partial charge in [0.05, 0.1) is 13.2 Å². The lowest BCUT2D eigenvalue weighted by atomic mass is 10.2. The normalized spacial score (nSPS) is 11.7. The van der Waals surface area contributed by atoms with Gasteiger partial charge < -0.3 is 16.2 Å². The number of nitrogen functional groups attached to an aromatic ring is 1. The summed E-state index contributed by atoms with van der Waals surface area (Å²) in [6.07, 6.45) is -4.47. The van der Waals surface area contributed by atoms with Crippen LogP contribution in [0.15, 0.2) is 24.3 Å². The minimum atomic E-state index is -4.36. The van der Waals surface area contributed by atoms with E-state index in [1.807, 2.05) is 0 Å². The summed E-state index contributed by atoms with van der Waals surface area (Å²) in [7, 11) is 0. The molecule has 0 spiro atoms. The Morgan fingerprint density at radius 3 is 2.62 bits per heavy atom. The first-order valence-corrected chi connectivity index (χ1v) is 6.35. The topological polar surface area (TPSA) is 78.6 Å². The van der Waals surface area contributed by atoms with Crippen LogP contribution in [-0.2, 0) is 4.79 Å². The van der Waals surface area contributed by atoms with Gasteiger partial charge in [0.15, 0.2) is 0 Å². The molecular formula is C13H18F3N3O2. The van der Waals surface area contributed by atoms with Crippen LogP contribution >= 0.6 is 0 Å². The Morgan fingerprint density at radius 1 is 1.33 bits per heavy atom. The van der Waals surface area contributed by atoms with Gasteiger partial charge in [0, 0.05) is 30.9 Å². The first-order chi connectivity index (χ1) is 9.80. The molecule has 5 nitrogen and oxygen atoms in total. The van der Waals surface area contributed by atoms with Crippen molar-refractivity contribution in [1.29, 1.82) is 0 Å². The predicted molar refractivity (Wildman–Crippen MR) is 73.7 cm³/mol. The van der Waals surface area contributed by atoms with Crippen molar-refractivity contribution in [1.82, 2.24) is 4.90 Å². The van der Waals surface area contributed by atoms with E-state index in [4.69, 9.17) is 10.8 Å². The largest absolute Gasteiger partial charge is 0.401 e. The molecule has 0 bridgehead atoms. The van der Waals surface area contributed by atoms with Gasteiger partial charge in [-0.25, -0.2) is 0 Å². The number of halogens is 3. The molecule has 0 saturated heterocycles. The van der Waals surface area contributed by atoms with Gasteiger partial charge in [-0.05, 0) is 18.2 Å². The lowest BCUT2D eigenvalue weighted by molar-refractivity contribution is -0.147. The van der Waals surface area contributed by atoms with Crippen LogP contribution in [0.3, 0.4) is 0 Å². The monoisotopic (exact) mass is 305 g/mol. The van der Waals surface area contributed by atoms with Gasteiger partial charge in [0.2, 0.25) is 5.91 Å². The van der Waals surface area contributed by atoms with Gasteiger partial charge in [-0.15, -0.1) is 0 Å². The summed E-state index contributed by atoms with van der Waals surface area (Å²) in [5.74, 6) is -0.411. The van der Waals surface area contributed by atoms with Crippen LogP contribution < -0.4 is 11.1 Å². The van der Waals surface area contributed by atoms with E-state index in [0.29, 0.717) is 11.4 Å². The molecule has 0 fully saturated rings. The van der Waals surface area contributed by atoms with Crippen LogP contribution in [-0.4, -0.2) is 48.3 Å². The molecule has 0 aliphatic rings. The fourth-order valence-electron chi connectivity index (χ4n) is 1.76. The molecule has 0 aliphatic carbocycles. The number of benzene rings is 1. The maximum absolute atomic E-state index is 12.3. The van der Waals surface area contributed by atoms with Crippen molar-refractivity contribution in [2.24, 2.45) is 0 Å². The summed E-state index contributed by atoms with van der Waals surface area (Å²) in [4.78, 5) is 12.7. The lowest BCUT2D eigenvalue weighted by Crippen LogP contribution is -2.38. The summed E-state index contributed by atoms with van der Waals surface area (Å²) in [6.45, 7) is -1.77. The fraction of sp³-hybridized carbons (Fsp3) is 0.462. The Hall–Kier alpha value is -1.80. The van der Waals surface area contributed by atoms with Crippen molar-refractivity contribution >= 4 is 17.3 Å². The molecule has 1 amide bonds. The Balaban J connectivity index is 2.46. The zero-order valence-corrected chi connectivity index (χ0v) is 11.4. The number of aliphatic hydroxyl groups excluding tert-OH is 1. The van der Waals surface area contributed by atoms with E-state index in [1.54, 1.807) is 24.3 Å². The van der Waals surface area contributed by atoms with Gasteiger partial charge >= 0.3 is 6.18 Å². The van der Waals surface area contributed by atoms with Crippen molar-refractivity contribution in [2.45, 2.75) is 12.6 Å². The van der Waals surface area contributed by atoms with Crippen molar-refractivity contribution < 1.29 is 23.1 Å². The average molecular weight is 305 g/mol. The van der Waals surface area contributed by atoms with E-state index in [2.05, 4.69) is 5.32 Å². The molecule has 0 heterocycles. The summed E-state index contributed by atoms with van der Waals surface area (Å²) in [6, 6.07) is 6.50. The van der Waals surface area contributed by atoms with Crippen LogP contribution in [0.25, 0.3) is 0 Å². The van der Waals surface area contributed by atoms with E-state index in [-0.39, 0.29) is 19.5 Å². The molecular weight excluding hydrogens is 287 g/mol. The number of hydrogen-bond acceptors (Lipinski definition) is 4. The van der Waals surface area contributed by atoms with Gasteiger partial charge in [-0.1, -0.05) is 6.07 Å². The molecule has 118 valence electrons. The zero-order valence-electron chi connectivity index (χ0n) is 11.4. The quantitative estimate of drug-likeness (QED) is 0.666. The highest BCUT2D eigenvalue weighted by Crippen LogP contribution is 2.16. The number of nitrogens with two attached hydrogens (primary N) is 1. The highest BCUT2D eigenvalue weighted by Gasteiger charge is 2.30. The second-order valence-corrected chi connectivity index (χ2v) is 4.54. The third-order valence-electron chi connectivity index (χ3n) is 2.64. The molecule has 0 saturated carbocycles. The van der Waals surface area contributed by atoms with Gasteiger partial charge in [-0.2, -0.15) is 13.2 Å². The number of nitrogens with one attached hydrogen (secondary N) is 1. The molecule has 21 heavy (non-hydrogen) atoms. The summed E-state index contributed by atoms with van der Waals surface area (Å²) in [5, 5.41) is 11.3. The van der Waals surface area contributed by atoms with E-state index >= 15 is 0 Å². The third-order valence-corrected chi connectivity index (χ3v) is 2.64. The number of aliphatic hydroxyl groups is 1. The maximum atomic E-state index is 12.3. The Morgan fingerprint density at radius 2 is 2.05 bits per heavy atom. The highest BCUT2D eigenvalue weighted by molar-refractivity contribution is 5.91. The van der Waals surface area contributed by atoms with Gasteiger partial charge in [0.1, 0.15) is 0 Å². The predicted octanol–water partition coefficient (Wildman–Crippen LogP) is 1.45. The minimum absolute atomic E-state index is 0.0891. The molecule has 0 unspecified atom stereocenters. The summed E-state index contributed by atoms with van der Waals surface area (Å²) in [5.41, 5.74) is 6.52. The first-order valence-electron chi connectivity index (χ1n) is 6.35. The van der Waals surface area contributed by atoms with Crippen LogP contribution in [0.2, 0.25) is 0 Å². The van der Waals surface area contributed by atoms with E-state index < -0.39 is 25.2 Å². The Bertz CT molecular complexity index is 466. The molecule has 1 rings (SSSR count). The van der Waals surface area contributed by atoms with Gasteiger partial charge in [-0.3, -0.25) is 9.69 Å². The lowest BCUT2D eigenvalue weighted by Gasteiger charge is -2.22. The summed E-state index contributed by atoms with van der Waals surface area (Å²) < 4.78 is 36.9.